The molecule has 7 nitrogen and oxygen atoms in total. The highest BCUT2D eigenvalue weighted by atomic mass is 16.3. The number of rotatable bonds is 9. The zero-order chi connectivity index (χ0) is 21.5. The smallest absolute Gasteiger partial charge is 0.243 e. The molecule has 1 aromatic carbocycles. The Bertz CT molecular complexity index is 830. The first-order chi connectivity index (χ1) is 15.2. The van der Waals surface area contributed by atoms with E-state index in [2.05, 4.69) is 26.2 Å². The Kier molecular flexibility index (Phi) is 7.97. The highest BCUT2D eigenvalue weighted by Crippen LogP contribution is 2.19. The Balaban J connectivity index is 1.16. The Morgan fingerprint density at radius 2 is 1.65 bits per heavy atom. The maximum Gasteiger partial charge on any atom is 0.243 e. The normalized spacial score (nSPS) is 21.5. The number of unbranched alkanes of at least 4 members (excludes halogenated alkanes) is 1. The number of hydrogen-bond acceptors (Lipinski definition) is 5. The van der Waals surface area contributed by atoms with Gasteiger partial charge < -0.3 is 14.9 Å². The van der Waals surface area contributed by atoms with Crippen LogP contribution in [0.1, 0.15) is 25.7 Å². The predicted molar refractivity (Wildman–Crippen MR) is 125 cm³/mol. The quantitative estimate of drug-likeness (QED) is 0.598. The van der Waals surface area contributed by atoms with Crippen LogP contribution in [0.4, 0.5) is 0 Å². The first-order valence-corrected chi connectivity index (χ1v) is 11.9. The van der Waals surface area contributed by atoms with E-state index in [4.69, 9.17) is 5.11 Å². The fraction of sp³-hybridized carbons (Fsp3) is 0.625. The maximum absolute atomic E-state index is 12.9. The highest BCUT2D eigenvalue weighted by molar-refractivity contribution is 5.89. The van der Waals surface area contributed by atoms with Gasteiger partial charge in [-0.15, -0.1) is 0 Å². The van der Waals surface area contributed by atoms with Crippen LogP contribution in [0.2, 0.25) is 0 Å². The third-order valence-corrected chi connectivity index (χ3v) is 6.79. The molecule has 7 heteroatoms. The zero-order valence-electron chi connectivity index (χ0n) is 18.6. The number of piperidine rings is 1. The lowest BCUT2D eigenvalue weighted by atomic mass is 9.97. The van der Waals surface area contributed by atoms with Crippen molar-refractivity contribution in [3.8, 4) is 0 Å². The van der Waals surface area contributed by atoms with E-state index in [0.29, 0.717) is 0 Å². The molecule has 0 spiro atoms. The van der Waals surface area contributed by atoms with E-state index in [1.165, 1.54) is 12.8 Å². The van der Waals surface area contributed by atoms with Gasteiger partial charge in [-0.05, 0) is 57.5 Å². The van der Waals surface area contributed by atoms with Gasteiger partial charge in [-0.2, -0.15) is 0 Å². The number of benzene rings is 1. The molecule has 2 aromatic rings. The summed E-state index contributed by atoms with van der Waals surface area (Å²) < 4.78 is 1.86. The van der Waals surface area contributed by atoms with Gasteiger partial charge in [0.05, 0.1) is 18.0 Å². The summed E-state index contributed by atoms with van der Waals surface area (Å²) >= 11 is 0. The second kappa shape index (κ2) is 11.1. The number of fused-ring (bicyclic) bond motifs is 1. The standard InChI is InChI=1S/C24H37N5O2/c30-19-18-27-16-14-26(15-17-27)10-3-4-11-28-12-5-7-22(20-28)24(31)25-29-13-9-21-6-1-2-8-23(21)29/h1-2,6,8-9,13,22,30H,3-5,7,10-12,14-20H2,(H,25,31). The van der Waals surface area contributed by atoms with Crippen molar-refractivity contribution < 1.29 is 9.90 Å². The second-order valence-electron chi connectivity index (χ2n) is 8.97. The maximum atomic E-state index is 12.9. The van der Waals surface area contributed by atoms with Gasteiger partial charge in [0.15, 0.2) is 0 Å². The summed E-state index contributed by atoms with van der Waals surface area (Å²) in [6.07, 6.45) is 6.40. The molecule has 0 radical (unpaired) electrons. The molecular formula is C24H37N5O2. The van der Waals surface area contributed by atoms with Gasteiger partial charge in [0.2, 0.25) is 5.91 Å². The number of aromatic nitrogens is 1. The zero-order valence-corrected chi connectivity index (χ0v) is 18.6. The molecule has 2 saturated heterocycles. The van der Waals surface area contributed by atoms with Crippen LogP contribution in [-0.2, 0) is 4.79 Å². The average molecular weight is 428 g/mol. The molecule has 2 fully saturated rings. The van der Waals surface area contributed by atoms with Crippen molar-refractivity contribution in [3.63, 3.8) is 0 Å². The SMILES string of the molecule is O=C(Nn1ccc2ccccc21)C1CCCN(CCCCN2CCN(CCO)CC2)C1. The molecule has 1 unspecified atom stereocenters. The number of nitrogens with one attached hydrogen (secondary N) is 1. The van der Waals surface area contributed by atoms with Gasteiger partial charge in [0, 0.05) is 50.9 Å². The lowest BCUT2D eigenvalue weighted by molar-refractivity contribution is -0.122. The first-order valence-electron chi connectivity index (χ1n) is 11.9. The van der Waals surface area contributed by atoms with E-state index in [-0.39, 0.29) is 18.4 Å². The van der Waals surface area contributed by atoms with E-state index in [0.717, 1.165) is 82.6 Å². The van der Waals surface area contributed by atoms with E-state index < -0.39 is 0 Å². The van der Waals surface area contributed by atoms with Crippen molar-refractivity contribution >= 4 is 16.8 Å². The van der Waals surface area contributed by atoms with Crippen LogP contribution in [0, 0.1) is 5.92 Å². The molecule has 2 N–H and O–H groups in total. The minimum atomic E-state index is 0.0644. The third kappa shape index (κ3) is 6.07. The van der Waals surface area contributed by atoms with Crippen molar-refractivity contribution in [1.82, 2.24) is 19.4 Å². The molecule has 2 aliphatic heterocycles. The largest absolute Gasteiger partial charge is 0.395 e. The van der Waals surface area contributed by atoms with Crippen LogP contribution in [-0.4, -0.2) is 95.9 Å². The van der Waals surface area contributed by atoms with Gasteiger partial charge in [-0.1, -0.05) is 18.2 Å². The van der Waals surface area contributed by atoms with Crippen LogP contribution < -0.4 is 5.43 Å². The summed E-state index contributed by atoms with van der Waals surface area (Å²) in [5.74, 6) is 0.196. The summed E-state index contributed by atoms with van der Waals surface area (Å²) in [5, 5.41) is 10.2. The summed E-state index contributed by atoms with van der Waals surface area (Å²) in [7, 11) is 0. The fourth-order valence-corrected chi connectivity index (χ4v) is 4.91. The molecule has 1 amide bonds. The number of β-amino-alcohol motifs (C(OH)–C–C–N with tert-alkyl or cyclic N) is 1. The molecule has 0 aliphatic carbocycles. The Labute approximate surface area is 185 Å². The Morgan fingerprint density at radius 1 is 0.935 bits per heavy atom. The van der Waals surface area contributed by atoms with Crippen molar-refractivity contribution in [2.24, 2.45) is 5.92 Å². The summed E-state index contributed by atoms with van der Waals surface area (Å²) in [6.45, 7) is 9.64. The van der Waals surface area contributed by atoms with Gasteiger partial charge in [-0.25, -0.2) is 0 Å². The van der Waals surface area contributed by atoms with E-state index >= 15 is 0 Å². The van der Waals surface area contributed by atoms with Crippen molar-refractivity contribution in [2.75, 3.05) is 70.9 Å². The number of carbonyl (C=O) groups is 1. The molecule has 4 rings (SSSR count). The van der Waals surface area contributed by atoms with Crippen LogP contribution in [0.3, 0.4) is 0 Å². The molecule has 2 aliphatic rings. The topological polar surface area (TPSA) is 64.0 Å². The minimum absolute atomic E-state index is 0.0644. The number of piperazine rings is 1. The van der Waals surface area contributed by atoms with E-state index in [1.807, 2.05) is 35.1 Å². The number of likely N-dealkylation sites (tertiary alicyclic amines) is 1. The number of amides is 1. The van der Waals surface area contributed by atoms with Crippen molar-refractivity contribution in [1.29, 1.82) is 0 Å². The summed E-state index contributed by atoms with van der Waals surface area (Å²) in [5.41, 5.74) is 4.15. The number of aliphatic hydroxyl groups is 1. The molecule has 170 valence electrons. The molecule has 31 heavy (non-hydrogen) atoms. The van der Waals surface area contributed by atoms with Crippen LogP contribution in [0.25, 0.3) is 10.9 Å². The molecule has 1 aromatic heterocycles. The number of carbonyl (C=O) groups excluding carboxylic acids is 1. The van der Waals surface area contributed by atoms with Gasteiger partial charge in [0.25, 0.3) is 0 Å². The molecule has 0 saturated carbocycles. The number of nitrogens with zero attached hydrogens (tertiary/aromatic N) is 4. The molecule has 1 atom stereocenters. The lowest BCUT2D eigenvalue weighted by Gasteiger charge is -2.35. The number of hydrogen-bond donors (Lipinski definition) is 2. The third-order valence-electron chi connectivity index (χ3n) is 6.79. The molecule has 0 bridgehead atoms. The van der Waals surface area contributed by atoms with Gasteiger partial charge in [-0.3, -0.25) is 19.8 Å². The van der Waals surface area contributed by atoms with Crippen LogP contribution in [0.15, 0.2) is 36.5 Å². The second-order valence-corrected chi connectivity index (χ2v) is 8.97. The Morgan fingerprint density at radius 3 is 2.42 bits per heavy atom. The van der Waals surface area contributed by atoms with Crippen LogP contribution in [0.5, 0.6) is 0 Å². The summed E-state index contributed by atoms with van der Waals surface area (Å²) in [4.78, 5) is 20.2. The Hall–Kier alpha value is -1.93. The minimum Gasteiger partial charge on any atom is -0.395 e. The number of para-hydroxylation sites is 1. The predicted octanol–water partition coefficient (Wildman–Crippen LogP) is 1.81. The monoisotopic (exact) mass is 427 g/mol. The van der Waals surface area contributed by atoms with E-state index in [1.54, 1.807) is 0 Å². The molecule has 3 heterocycles. The van der Waals surface area contributed by atoms with Crippen molar-refractivity contribution in [3.05, 3.63) is 36.5 Å². The van der Waals surface area contributed by atoms with Crippen LogP contribution >= 0.6 is 0 Å². The number of aliphatic hydroxyl groups excluding tert-OH is 1. The van der Waals surface area contributed by atoms with E-state index in [9.17, 15) is 4.79 Å². The van der Waals surface area contributed by atoms with Gasteiger partial charge in [0.1, 0.15) is 0 Å². The first kappa shape index (κ1) is 22.3. The van der Waals surface area contributed by atoms with Crippen molar-refractivity contribution in [2.45, 2.75) is 25.7 Å². The fourth-order valence-electron chi connectivity index (χ4n) is 4.91. The average Bonchev–Trinajstić information content (AvgIpc) is 3.21. The highest BCUT2D eigenvalue weighted by Gasteiger charge is 2.26. The molecular weight excluding hydrogens is 390 g/mol. The van der Waals surface area contributed by atoms with Gasteiger partial charge >= 0.3 is 0 Å². The lowest BCUT2D eigenvalue weighted by Crippen LogP contribution is -2.47. The summed E-state index contributed by atoms with van der Waals surface area (Å²) in [6, 6.07) is 10.2.